The summed E-state index contributed by atoms with van der Waals surface area (Å²) in [7, 11) is -2.22. The van der Waals surface area contributed by atoms with Gasteiger partial charge in [-0.05, 0) is 36.6 Å². The van der Waals surface area contributed by atoms with Crippen molar-refractivity contribution >= 4 is 48.9 Å². The van der Waals surface area contributed by atoms with Crippen molar-refractivity contribution in [1.29, 1.82) is 0 Å². The highest BCUT2D eigenvalue weighted by molar-refractivity contribution is 7.92. The molecule has 0 saturated heterocycles. The fraction of sp³-hybridized carbons (Fsp3) is 0.294. The molecule has 3 rings (SSSR count). The molecule has 0 unspecified atom stereocenters. The maximum absolute atomic E-state index is 12.6. The van der Waals surface area contributed by atoms with Crippen molar-refractivity contribution in [2.75, 3.05) is 20.3 Å². The molecule has 1 aromatic carbocycles. The van der Waals surface area contributed by atoms with E-state index in [1.54, 1.807) is 48.2 Å². The van der Waals surface area contributed by atoms with E-state index in [4.69, 9.17) is 9.47 Å². The summed E-state index contributed by atoms with van der Waals surface area (Å²) in [5.41, 5.74) is 1.20. The molecule has 0 saturated carbocycles. The minimum Gasteiger partial charge on any atom is -0.462 e. The maximum Gasteiger partial charge on any atom is 0.338 e. The third-order valence-electron chi connectivity index (χ3n) is 3.66. The van der Waals surface area contributed by atoms with E-state index in [1.807, 2.05) is 0 Å². The zero-order valence-electron chi connectivity index (χ0n) is 14.7. The monoisotopic (exact) mass is 426 g/mol. The van der Waals surface area contributed by atoms with Gasteiger partial charge < -0.3 is 14.0 Å². The van der Waals surface area contributed by atoms with Crippen molar-refractivity contribution in [2.45, 2.75) is 17.7 Å². The van der Waals surface area contributed by atoms with Crippen LogP contribution in [0.2, 0.25) is 0 Å². The van der Waals surface area contributed by atoms with Gasteiger partial charge in [0.25, 0.3) is 10.0 Å². The predicted molar refractivity (Wildman–Crippen MR) is 105 cm³/mol. The van der Waals surface area contributed by atoms with E-state index < -0.39 is 16.0 Å². The number of esters is 1. The number of nitrogens with zero attached hydrogens (tertiary/aromatic N) is 2. The van der Waals surface area contributed by atoms with Gasteiger partial charge in [-0.25, -0.2) is 4.79 Å². The smallest absolute Gasteiger partial charge is 0.338 e. The van der Waals surface area contributed by atoms with Crippen LogP contribution in [0.25, 0.3) is 10.2 Å². The van der Waals surface area contributed by atoms with Crippen LogP contribution in [0.3, 0.4) is 0 Å². The molecule has 10 heteroatoms. The number of sulfonamides is 1. The number of benzene rings is 1. The number of hydrogen-bond acceptors (Lipinski definition) is 7. The molecular formula is C17H18N2O5S3. The molecule has 2 heterocycles. The molecule has 0 N–H and O–H groups in total. The minimum atomic E-state index is -3.80. The van der Waals surface area contributed by atoms with Gasteiger partial charge in [0.05, 0.1) is 29.0 Å². The molecule has 0 bridgehead atoms. The van der Waals surface area contributed by atoms with Crippen LogP contribution in [0.1, 0.15) is 17.3 Å². The molecular weight excluding hydrogens is 408 g/mol. The summed E-state index contributed by atoms with van der Waals surface area (Å²) in [6, 6.07) is 8.31. The number of fused-ring (bicyclic) bond motifs is 1. The molecule has 2 aromatic heterocycles. The average Bonchev–Trinajstić information content (AvgIpc) is 3.28. The lowest BCUT2D eigenvalue weighted by atomic mass is 10.2. The Morgan fingerprint density at radius 3 is 2.78 bits per heavy atom. The fourth-order valence-corrected chi connectivity index (χ4v) is 5.71. The van der Waals surface area contributed by atoms with Crippen LogP contribution in [0.15, 0.2) is 44.3 Å². The van der Waals surface area contributed by atoms with Crippen LogP contribution in [-0.2, 0) is 26.0 Å². The van der Waals surface area contributed by atoms with Crippen LogP contribution in [-0.4, -0.2) is 39.3 Å². The molecule has 27 heavy (non-hydrogen) atoms. The molecule has 0 aliphatic heterocycles. The average molecular weight is 427 g/mol. The van der Waals surface area contributed by atoms with Gasteiger partial charge in [0.1, 0.15) is 4.21 Å². The SMILES string of the molecule is CCOC(=O)c1ccc2c(c1)sc(=NS(=O)(=O)c1cccs1)n2CCOC. The summed E-state index contributed by atoms with van der Waals surface area (Å²) >= 11 is 2.33. The largest absolute Gasteiger partial charge is 0.462 e. The van der Waals surface area contributed by atoms with Gasteiger partial charge in [-0.1, -0.05) is 17.4 Å². The molecule has 0 radical (unpaired) electrons. The Hall–Kier alpha value is -2.01. The molecule has 144 valence electrons. The van der Waals surface area contributed by atoms with Gasteiger partial charge in [-0.3, -0.25) is 0 Å². The highest BCUT2D eigenvalue weighted by atomic mass is 32.2. The Balaban J connectivity index is 2.16. The summed E-state index contributed by atoms with van der Waals surface area (Å²) < 4.78 is 42.0. The lowest BCUT2D eigenvalue weighted by Gasteiger charge is -2.05. The molecule has 0 spiro atoms. The van der Waals surface area contributed by atoms with E-state index in [0.717, 1.165) is 21.6 Å². The van der Waals surface area contributed by atoms with E-state index in [9.17, 15) is 13.2 Å². The third kappa shape index (κ3) is 4.29. The third-order valence-corrected chi connectivity index (χ3v) is 7.46. The molecule has 0 aliphatic carbocycles. The van der Waals surface area contributed by atoms with E-state index in [2.05, 4.69) is 4.40 Å². The van der Waals surface area contributed by atoms with Crippen LogP contribution in [0.4, 0.5) is 0 Å². The number of carbonyl (C=O) groups excluding carboxylic acids is 1. The zero-order valence-corrected chi connectivity index (χ0v) is 17.2. The Bertz CT molecular complexity index is 1110. The second-order valence-corrected chi connectivity index (χ2v) is 9.22. The van der Waals surface area contributed by atoms with E-state index >= 15 is 0 Å². The number of aromatic nitrogens is 1. The van der Waals surface area contributed by atoms with Gasteiger partial charge in [0, 0.05) is 13.7 Å². The normalized spacial score (nSPS) is 12.6. The molecule has 3 aromatic rings. The van der Waals surface area contributed by atoms with Crippen LogP contribution < -0.4 is 4.80 Å². The van der Waals surface area contributed by atoms with Crippen molar-refractivity contribution in [3.8, 4) is 0 Å². The number of thiophene rings is 1. The molecule has 0 aliphatic rings. The lowest BCUT2D eigenvalue weighted by molar-refractivity contribution is 0.0526. The predicted octanol–water partition coefficient (Wildman–Crippen LogP) is 2.88. The molecule has 7 nitrogen and oxygen atoms in total. The van der Waals surface area contributed by atoms with Gasteiger partial charge in [-0.15, -0.1) is 15.7 Å². The first-order chi connectivity index (χ1) is 13.0. The first-order valence-electron chi connectivity index (χ1n) is 8.10. The first-order valence-corrected chi connectivity index (χ1v) is 11.2. The quantitative estimate of drug-likeness (QED) is 0.542. The first kappa shape index (κ1) is 19.7. The summed E-state index contributed by atoms with van der Waals surface area (Å²) in [5.74, 6) is -0.416. The van der Waals surface area contributed by atoms with Crippen molar-refractivity contribution in [2.24, 2.45) is 4.40 Å². The maximum atomic E-state index is 12.6. The molecule has 0 amide bonds. The highest BCUT2D eigenvalue weighted by Crippen LogP contribution is 2.22. The fourth-order valence-electron chi connectivity index (χ4n) is 2.44. The van der Waals surface area contributed by atoms with E-state index in [-0.39, 0.29) is 10.8 Å². The van der Waals surface area contributed by atoms with Crippen LogP contribution in [0.5, 0.6) is 0 Å². The Kier molecular flexibility index (Phi) is 6.10. The number of ether oxygens (including phenoxy) is 2. The molecule has 0 atom stereocenters. The summed E-state index contributed by atoms with van der Waals surface area (Å²) in [4.78, 5) is 12.3. The second kappa shape index (κ2) is 8.34. The summed E-state index contributed by atoms with van der Waals surface area (Å²) in [6.45, 7) is 2.87. The van der Waals surface area contributed by atoms with Gasteiger partial charge in [0.15, 0.2) is 0 Å². The van der Waals surface area contributed by atoms with Gasteiger partial charge >= 0.3 is 5.97 Å². The van der Waals surface area contributed by atoms with Gasteiger partial charge in [-0.2, -0.15) is 8.42 Å². The minimum absolute atomic E-state index is 0.186. The number of thiazole rings is 1. The Morgan fingerprint density at radius 1 is 1.30 bits per heavy atom. The number of hydrogen-bond donors (Lipinski definition) is 0. The number of carbonyl (C=O) groups is 1. The summed E-state index contributed by atoms with van der Waals surface area (Å²) in [5, 5.41) is 1.69. The topological polar surface area (TPSA) is 87.0 Å². The van der Waals surface area contributed by atoms with Crippen molar-refractivity contribution in [1.82, 2.24) is 4.57 Å². The van der Waals surface area contributed by atoms with Crippen molar-refractivity contribution < 1.29 is 22.7 Å². The highest BCUT2D eigenvalue weighted by Gasteiger charge is 2.17. The number of rotatable bonds is 7. The zero-order chi connectivity index (χ0) is 19.4. The Labute approximate surface area is 164 Å². The van der Waals surface area contributed by atoms with Gasteiger partial charge in [0.2, 0.25) is 4.80 Å². The second-order valence-electron chi connectivity index (χ2n) is 5.43. The molecule has 0 fully saturated rings. The Morgan fingerprint density at radius 2 is 2.11 bits per heavy atom. The lowest BCUT2D eigenvalue weighted by Crippen LogP contribution is -2.19. The standard InChI is InChI=1S/C17H18N2O5S3/c1-3-24-16(20)12-6-7-13-14(11-12)26-17(19(13)8-9-23-2)18-27(21,22)15-5-4-10-25-15/h4-7,10-11H,3,8-9H2,1-2H3. The van der Waals surface area contributed by atoms with E-state index in [1.165, 1.54) is 17.4 Å². The number of methoxy groups -OCH3 is 1. The van der Waals surface area contributed by atoms with Crippen LogP contribution >= 0.6 is 22.7 Å². The summed E-state index contributed by atoms with van der Waals surface area (Å²) in [6.07, 6.45) is 0. The van der Waals surface area contributed by atoms with E-state index in [0.29, 0.717) is 23.5 Å². The van der Waals surface area contributed by atoms with Crippen molar-refractivity contribution in [3.63, 3.8) is 0 Å². The van der Waals surface area contributed by atoms with Crippen molar-refractivity contribution in [3.05, 3.63) is 46.1 Å². The van der Waals surface area contributed by atoms with Crippen LogP contribution in [0, 0.1) is 0 Å².